The number of piperidine rings is 1. The molecule has 3 rings (SSSR count). The third kappa shape index (κ3) is 4.03. The highest BCUT2D eigenvalue weighted by atomic mass is 32.2. The van der Waals surface area contributed by atoms with E-state index in [2.05, 4.69) is 27.3 Å². The number of hydrogen-bond acceptors (Lipinski definition) is 5. The van der Waals surface area contributed by atoms with Crippen LogP contribution in [0, 0.1) is 6.92 Å². The lowest BCUT2D eigenvalue weighted by molar-refractivity contribution is -0.134. The second kappa shape index (κ2) is 7.99. The first-order valence-electron chi connectivity index (χ1n) is 8.92. The van der Waals surface area contributed by atoms with Gasteiger partial charge in [0, 0.05) is 12.6 Å². The van der Waals surface area contributed by atoms with Crippen LogP contribution in [0.3, 0.4) is 0 Å². The highest BCUT2D eigenvalue weighted by Crippen LogP contribution is 2.27. The standard InChI is InChI=1S/C18H25N5OS/c1-4-15-9-5-6-11-22(15)17(24)14(3)25-18-19-20-21-23(18)16-10-7-8-13(2)12-16/h7-8,10,12,14-15H,4-6,9,11H2,1-3H3/t14-,15-/m0/s1. The monoisotopic (exact) mass is 359 g/mol. The zero-order valence-corrected chi connectivity index (χ0v) is 15.9. The Morgan fingerprint density at radius 2 is 2.24 bits per heavy atom. The predicted octanol–water partition coefficient (Wildman–Crippen LogP) is 3.24. The van der Waals surface area contributed by atoms with Crippen molar-refractivity contribution in [2.75, 3.05) is 6.54 Å². The third-order valence-electron chi connectivity index (χ3n) is 4.70. The van der Waals surface area contributed by atoms with Gasteiger partial charge in [0.2, 0.25) is 11.1 Å². The van der Waals surface area contributed by atoms with Crippen molar-refractivity contribution in [2.45, 2.75) is 62.9 Å². The van der Waals surface area contributed by atoms with Crippen molar-refractivity contribution in [1.82, 2.24) is 25.1 Å². The number of hydrogen-bond donors (Lipinski definition) is 0. The summed E-state index contributed by atoms with van der Waals surface area (Å²) < 4.78 is 1.70. The molecule has 0 saturated carbocycles. The van der Waals surface area contributed by atoms with Crippen LogP contribution >= 0.6 is 11.8 Å². The molecule has 6 nitrogen and oxygen atoms in total. The van der Waals surface area contributed by atoms with Gasteiger partial charge in [0.1, 0.15) is 0 Å². The van der Waals surface area contributed by atoms with E-state index in [1.165, 1.54) is 18.2 Å². The Hall–Kier alpha value is -1.89. The molecule has 0 unspecified atom stereocenters. The minimum atomic E-state index is -0.207. The Morgan fingerprint density at radius 1 is 1.40 bits per heavy atom. The van der Waals surface area contributed by atoms with E-state index in [1.54, 1.807) is 4.68 Å². The molecule has 0 N–H and O–H groups in total. The highest BCUT2D eigenvalue weighted by Gasteiger charge is 2.30. The number of likely N-dealkylation sites (tertiary alicyclic amines) is 1. The number of rotatable bonds is 5. The van der Waals surface area contributed by atoms with E-state index < -0.39 is 0 Å². The van der Waals surface area contributed by atoms with Crippen molar-refractivity contribution in [3.8, 4) is 5.69 Å². The fourth-order valence-corrected chi connectivity index (χ4v) is 4.21. The number of aromatic nitrogens is 4. The Balaban J connectivity index is 1.74. The van der Waals surface area contributed by atoms with Crippen LogP contribution in [0.15, 0.2) is 29.4 Å². The zero-order valence-electron chi connectivity index (χ0n) is 15.1. The number of amides is 1. The fraction of sp³-hybridized carbons (Fsp3) is 0.556. The SMILES string of the molecule is CC[C@H]1CCCCN1C(=O)[C@H](C)Sc1nnnn1-c1cccc(C)c1. The van der Waals surface area contributed by atoms with Gasteiger partial charge in [0.05, 0.1) is 10.9 Å². The molecule has 1 aromatic heterocycles. The van der Waals surface area contributed by atoms with Gasteiger partial charge in [-0.25, -0.2) is 0 Å². The van der Waals surface area contributed by atoms with Gasteiger partial charge in [-0.3, -0.25) is 4.79 Å². The summed E-state index contributed by atoms with van der Waals surface area (Å²) >= 11 is 1.43. The summed E-state index contributed by atoms with van der Waals surface area (Å²) in [5, 5.41) is 12.5. The van der Waals surface area contributed by atoms with Gasteiger partial charge in [-0.2, -0.15) is 4.68 Å². The van der Waals surface area contributed by atoms with Gasteiger partial charge in [0.25, 0.3) is 0 Å². The second-order valence-corrected chi connectivity index (χ2v) is 7.87. The van der Waals surface area contributed by atoms with E-state index >= 15 is 0 Å². The Bertz CT molecular complexity index is 732. The molecule has 0 radical (unpaired) electrons. The van der Waals surface area contributed by atoms with Crippen LogP contribution < -0.4 is 0 Å². The maximum Gasteiger partial charge on any atom is 0.236 e. The molecule has 1 aliphatic heterocycles. The zero-order chi connectivity index (χ0) is 17.8. The summed E-state index contributed by atoms with van der Waals surface area (Å²) in [4.78, 5) is 15.0. The molecule has 1 saturated heterocycles. The minimum Gasteiger partial charge on any atom is -0.339 e. The van der Waals surface area contributed by atoms with E-state index in [9.17, 15) is 4.79 Å². The molecule has 1 aromatic carbocycles. The smallest absolute Gasteiger partial charge is 0.236 e. The van der Waals surface area contributed by atoms with E-state index in [-0.39, 0.29) is 11.2 Å². The van der Waals surface area contributed by atoms with Crippen LogP contribution in [0.1, 0.15) is 45.1 Å². The number of benzene rings is 1. The first kappa shape index (κ1) is 17.9. The Morgan fingerprint density at radius 3 is 3.00 bits per heavy atom. The van der Waals surface area contributed by atoms with E-state index in [4.69, 9.17) is 0 Å². The summed E-state index contributed by atoms with van der Waals surface area (Å²) in [7, 11) is 0. The maximum absolute atomic E-state index is 12.9. The van der Waals surface area contributed by atoms with Crippen LogP contribution in [0.4, 0.5) is 0 Å². The molecule has 1 amide bonds. The number of thioether (sulfide) groups is 1. The van der Waals surface area contributed by atoms with Crippen molar-refractivity contribution in [2.24, 2.45) is 0 Å². The topological polar surface area (TPSA) is 63.9 Å². The molecule has 7 heteroatoms. The summed E-state index contributed by atoms with van der Waals surface area (Å²) in [6.07, 6.45) is 4.45. The molecule has 0 aliphatic carbocycles. The van der Waals surface area contributed by atoms with Crippen molar-refractivity contribution in [3.05, 3.63) is 29.8 Å². The van der Waals surface area contributed by atoms with Crippen LogP contribution in [-0.2, 0) is 4.79 Å². The molecular formula is C18H25N5OS. The van der Waals surface area contributed by atoms with Crippen LogP contribution in [0.2, 0.25) is 0 Å². The van der Waals surface area contributed by atoms with E-state index in [1.807, 2.05) is 38.1 Å². The number of carbonyl (C=O) groups excluding carboxylic acids is 1. The molecule has 2 heterocycles. The minimum absolute atomic E-state index is 0.190. The van der Waals surface area contributed by atoms with Crippen LogP contribution in [0.25, 0.3) is 5.69 Å². The van der Waals surface area contributed by atoms with Crippen molar-refractivity contribution >= 4 is 17.7 Å². The lowest BCUT2D eigenvalue weighted by Gasteiger charge is -2.36. The largest absolute Gasteiger partial charge is 0.339 e. The molecule has 1 aliphatic rings. The summed E-state index contributed by atoms with van der Waals surface area (Å²) in [5.41, 5.74) is 2.06. The molecular weight excluding hydrogens is 334 g/mol. The third-order valence-corrected chi connectivity index (χ3v) is 5.72. The maximum atomic E-state index is 12.9. The number of nitrogens with zero attached hydrogens (tertiary/aromatic N) is 5. The quantitative estimate of drug-likeness (QED) is 0.767. The van der Waals surface area contributed by atoms with Gasteiger partial charge < -0.3 is 4.90 Å². The predicted molar refractivity (Wildman–Crippen MR) is 98.9 cm³/mol. The van der Waals surface area contributed by atoms with Gasteiger partial charge in [-0.1, -0.05) is 30.8 Å². The van der Waals surface area contributed by atoms with E-state index in [0.29, 0.717) is 11.2 Å². The normalized spacial score (nSPS) is 19.0. The van der Waals surface area contributed by atoms with Gasteiger partial charge in [-0.15, -0.1) is 5.10 Å². The molecule has 134 valence electrons. The number of carbonyl (C=O) groups is 1. The number of tetrazole rings is 1. The van der Waals surface area contributed by atoms with Crippen molar-refractivity contribution < 1.29 is 4.79 Å². The molecule has 2 atom stereocenters. The van der Waals surface area contributed by atoms with Gasteiger partial charge >= 0.3 is 0 Å². The van der Waals surface area contributed by atoms with Gasteiger partial charge in [-0.05, 0) is 67.7 Å². The first-order chi connectivity index (χ1) is 12.1. The first-order valence-corrected chi connectivity index (χ1v) is 9.80. The summed E-state index contributed by atoms with van der Waals surface area (Å²) in [6.45, 7) is 7.01. The average Bonchev–Trinajstić information content (AvgIpc) is 3.09. The highest BCUT2D eigenvalue weighted by molar-refractivity contribution is 8.00. The molecule has 2 aromatic rings. The molecule has 0 bridgehead atoms. The van der Waals surface area contributed by atoms with Crippen LogP contribution in [0.5, 0.6) is 0 Å². The lowest BCUT2D eigenvalue weighted by atomic mass is 10.00. The fourth-order valence-electron chi connectivity index (χ4n) is 3.33. The van der Waals surface area contributed by atoms with Crippen molar-refractivity contribution in [1.29, 1.82) is 0 Å². The van der Waals surface area contributed by atoms with Crippen molar-refractivity contribution in [3.63, 3.8) is 0 Å². The summed E-state index contributed by atoms with van der Waals surface area (Å²) in [5.74, 6) is 0.190. The molecule has 0 spiro atoms. The Labute approximate surface area is 153 Å². The lowest BCUT2D eigenvalue weighted by Crippen LogP contribution is -2.46. The Kier molecular flexibility index (Phi) is 5.73. The summed E-state index contributed by atoms with van der Waals surface area (Å²) in [6, 6.07) is 8.39. The average molecular weight is 359 g/mol. The number of aryl methyl sites for hydroxylation is 1. The second-order valence-electron chi connectivity index (χ2n) is 6.56. The van der Waals surface area contributed by atoms with E-state index in [0.717, 1.165) is 37.1 Å². The molecule has 25 heavy (non-hydrogen) atoms. The van der Waals surface area contributed by atoms with Gasteiger partial charge in [0.15, 0.2) is 0 Å². The molecule has 1 fully saturated rings. The van der Waals surface area contributed by atoms with Crippen LogP contribution in [-0.4, -0.2) is 48.9 Å².